The molecule has 1 aromatic heterocycles. The van der Waals surface area contributed by atoms with Gasteiger partial charge in [-0.15, -0.1) is 0 Å². The van der Waals surface area contributed by atoms with E-state index in [1.807, 2.05) is 0 Å². The predicted octanol–water partition coefficient (Wildman–Crippen LogP) is 5.03. The number of nitrogens with zero attached hydrogens (tertiary/aromatic N) is 1. The van der Waals surface area contributed by atoms with Gasteiger partial charge in [0.1, 0.15) is 0 Å². The Morgan fingerprint density at radius 3 is 2.71 bits per heavy atom. The van der Waals surface area contributed by atoms with Crippen LogP contribution in [0.15, 0.2) is 34.9 Å². The number of benzene rings is 1. The lowest BCUT2D eigenvalue weighted by atomic mass is 10.3. The van der Waals surface area contributed by atoms with Gasteiger partial charge in [-0.25, -0.2) is 9.37 Å². The molecule has 0 bridgehead atoms. The van der Waals surface area contributed by atoms with Crippen LogP contribution in [-0.2, 0) is 0 Å². The number of pyridine rings is 1. The lowest BCUT2D eigenvalue weighted by Gasteiger charge is -2.08. The SMILES string of the molecule is Fc1cc(Cl)cnc1Nc1cc(Br)ccc1Cl. The molecule has 2 rings (SSSR count). The molecule has 0 aliphatic rings. The van der Waals surface area contributed by atoms with Crippen molar-refractivity contribution in [2.45, 2.75) is 0 Å². The van der Waals surface area contributed by atoms with E-state index in [0.717, 1.165) is 4.47 Å². The Labute approximate surface area is 116 Å². The molecule has 0 aliphatic carbocycles. The molecular weight excluding hydrogens is 330 g/mol. The number of hydrogen-bond donors (Lipinski definition) is 1. The minimum atomic E-state index is -0.534. The van der Waals surface area contributed by atoms with Gasteiger partial charge in [0.2, 0.25) is 0 Å². The Kier molecular flexibility index (Phi) is 3.86. The van der Waals surface area contributed by atoms with Crippen molar-refractivity contribution in [3.63, 3.8) is 0 Å². The molecule has 1 N–H and O–H groups in total. The molecule has 17 heavy (non-hydrogen) atoms. The van der Waals surface area contributed by atoms with Crippen molar-refractivity contribution in [2.24, 2.45) is 0 Å². The van der Waals surface area contributed by atoms with Gasteiger partial charge in [0.25, 0.3) is 0 Å². The Morgan fingerprint density at radius 2 is 2.00 bits per heavy atom. The maximum atomic E-state index is 13.5. The van der Waals surface area contributed by atoms with Crippen LogP contribution >= 0.6 is 39.1 Å². The molecule has 1 aromatic carbocycles. The van der Waals surface area contributed by atoms with Crippen molar-refractivity contribution in [1.29, 1.82) is 0 Å². The van der Waals surface area contributed by atoms with Crippen molar-refractivity contribution in [1.82, 2.24) is 4.98 Å². The number of anilines is 2. The fourth-order valence-electron chi connectivity index (χ4n) is 1.23. The summed E-state index contributed by atoms with van der Waals surface area (Å²) < 4.78 is 14.3. The lowest BCUT2D eigenvalue weighted by molar-refractivity contribution is 0.626. The molecule has 6 heteroatoms. The summed E-state index contributed by atoms with van der Waals surface area (Å²) in [6.45, 7) is 0. The third kappa shape index (κ3) is 3.09. The average molecular weight is 336 g/mol. The highest BCUT2D eigenvalue weighted by molar-refractivity contribution is 9.10. The first kappa shape index (κ1) is 12.6. The van der Waals surface area contributed by atoms with E-state index in [9.17, 15) is 4.39 Å². The van der Waals surface area contributed by atoms with Crippen molar-refractivity contribution in [2.75, 3.05) is 5.32 Å². The average Bonchev–Trinajstić information content (AvgIpc) is 2.27. The molecule has 0 saturated heterocycles. The summed E-state index contributed by atoms with van der Waals surface area (Å²) in [7, 11) is 0. The monoisotopic (exact) mass is 334 g/mol. The van der Waals surface area contributed by atoms with Crippen LogP contribution in [-0.4, -0.2) is 4.98 Å². The van der Waals surface area contributed by atoms with Crippen molar-refractivity contribution in [3.05, 3.63) is 50.8 Å². The molecule has 2 nitrogen and oxygen atoms in total. The molecule has 2 aromatic rings. The summed E-state index contributed by atoms with van der Waals surface area (Å²) in [4.78, 5) is 3.85. The van der Waals surface area contributed by atoms with Crippen LogP contribution in [0, 0.1) is 5.82 Å². The molecule has 0 spiro atoms. The summed E-state index contributed by atoms with van der Waals surface area (Å²) in [5.74, 6) is -0.456. The van der Waals surface area contributed by atoms with Gasteiger partial charge in [-0.05, 0) is 24.3 Å². The normalized spacial score (nSPS) is 10.4. The van der Waals surface area contributed by atoms with Gasteiger partial charge >= 0.3 is 0 Å². The third-order valence-corrected chi connectivity index (χ3v) is 3.02. The summed E-state index contributed by atoms with van der Waals surface area (Å²) >= 11 is 14.9. The Morgan fingerprint density at radius 1 is 1.24 bits per heavy atom. The standard InChI is InChI=1S/C11H6BrCl2FN2/c12-6-1-2-8(14)10(3-6)17-11-9(15)4-7(13)5-16-11/h1-5H,(H,16,17). The third-order valence-electron chi connectivity index (χ3n) is 1.99. The van der Waals surface area contributed by atoms with Gasteiger partial charge < -0.3 is 5.32 Å². The lowest BCUT2D eigenvalue weighted by Crippen LogP contribution is -1.97. The maximum Gasteiger partial charge on any atom is 0.167 e. The zero-order chi connectivity index (χ0) is 12.4. The summed E-state index contributed by atoms with van der Waals surface area (Å²) in [6.07, 6.45) is 1.36. The van der Waals surface area contributed by atoms with Crippen molar-refractivity contribution in [3.8, 4) is 0 Å². The number of hydrogen-bond acceptors (Lipinski definition) is 2. The van der Waals surface area contributed by atoms with Crippen molar-refractivity contribution < 1.29 is 4.39 Å². The molecular formula is C11H6BrCl2FN2. The fourth-order valence-corrected chi connectivity index (χ4v) is 1.90. The fraction of sp³-hybridized carbons (Fsp3) is 0. The maximum absolute atomic E-state index is 13.5. The first-order valence-corrected chi connectivity index (χ1v) is 6.14. The highest BCUT2D eigenvalue weighted by Crippen LogP contribution is 2.29. The highest BCUT2D eigenvalue weighted by atomic mass is 79.9. The second-order valence-corrected chi connectivity index (χ2v) is 4.99. The molecule has 0 radical (unpaired) electrons. The van der Waals surface area contributed by atoms with Crippen LogP contribution in [0.2, 0.25) is 10.0 Å². The molecule has 0 unspecified atom stereocenters. The van der Waals surface area contributed by atoms with Crippen LogP contribution in [0.3, 0.4) is 0 Å². The van der Waals surface area contributed by atoms with E-state index in [2.05, 4.69) is 26.2 Å². The highest BCUT2D eigenvalue weighted by Gasteiger charge is 2.07. The van der Waals surface area contributed by atoms with E-state index in [4.69, 9.17) is 23.2 Å². The molecule has 0 aliphatic heterocycles. The van der Waals surface area contributed by atoms with Gasteiger partial charge in [-0.3, -0.25) is 0 Å². The number of halogens is 4. The van der Waals surface area contributed by atoms with Gasteiger partial charge in [0.05, 0.1) is 15.7 Å². The van der Waals surface area contributed by atoms with E-state index in [-0.39, 0.29) is 10.8 Å². The summed E-state index contributed by atoms with van der Waals surface area (Å²) in [5, 5.41) is 3.52. The number of aromatic nitrogens is 1. The minimum Gasteiger partial charge on any atom is -0.337 e. The zero-order valence-corrected chi connectivity index (χ0v) is 11.4. The summed E-state index contributed by atoms with van der Waals surface area (Å²) in [6, 6.07) is 6.40. The topological polar surface area (TPSA) is 24.9 Å². The second-order valence-electron chi connectivity index (χ2n) is 3.23. The Bertz CT molecular complexity index is 563. The minimum absolute atomic E-state index is 0.0781. The van der Waals surface area contributed by atoms with Gasteiger partial charge in [-0.2, -0.15) is 0 Å². The van der Waals surface area contributed by atoms with Crippen LogP contribution in [0.5, 0.6) is 0 Å². The number of rotatable bonds is 2. The molecule has 88 valence electrons. The van der Waals surface area contributed by atoms with E-state index in [0.29, 0.717) is 10.7 Å². The molecule has 0 fully saturated rings. The zero-order valence-electron chi connectivity index (χ0n) is 8.35. The van der Waals surface area contributed by atoms with E-state index in [1.54, 1.807) is 18.2 Å². The molecule has 1 heterocycles. The number of nitrogens with one attached hydrogen (secondary N) is 1. The van der Waals surface area contributed by atoms with Gasteiger partial charge in [0, 0.05) is 10.7 Å². The first-order valence-electron chi connectivity index (χ1n) is 4.59. The van der Waals surface area contributed by atoms with E-state index >= 15 is 0 Å². The van der Waals surface area contributed by atoms with Crippen LogP contribution < -0.4 is 5.32 Å². The quantitative estimate of drug-likeness (QED) is 0.832. The second kappa shape index (κ2) is 5.21. The van der Waals surface area contributed by atoms with Crippen LogP contribution in [0.25, 0.3) is 0 Å². The largest absolute Gasteiger partial charge is 0.337 e. The van der Waals surface area contributed by atoms with Crippen molar-refractivity contribution >= 4 is 50.6 Å². The molecule has 0 atom stereocenters. The Hall–Kier alpha value is -0.840. The smallest absolute Gasteiger partial charge is 0.167 e. The van der Waals surface area contributed by atoms with Gasteiger partial charge in [0.15, 0.2) is 11.6 Å². The molecule has 0 saturated carbocycles. The van der Waals surface area contributed by atoms with E-state index in [1.165, 1.54) is 12.3 Å². The first-order chi connectivity index (χ1) is 8.06. The van der Waals surface area contributed by atoms with Crippen LogP contribution in [0.1, 0.15) is 0 Å². The summed E-state index contributed by atoms with van der Waals surface area (Å²) in [5.41, 5.74) is 0.565. The molecule has 0 amide bonds. The predicted molar refractivity (Wildman–Crippen MR) is 71.6 cm³/mol. The van der Waals surface area contributed by atoms with Crippen LogP contribution in [0.4, 0.5) is 15.9 Å². The van der Waals surface area contributed by atoms with Gasteiger partial charge in [-0.1, -0.05) is 39.1 Å². The van der Waals surface area contributed by atoms with E-state index < -0.39 is 5.82 Å². The Balaban J connectivity index is 2.34.